The molecule has 0 aliphatic carbocycles. The Balaban J connectivity index is 2.10. The predicted molar refractivity (Wildman–Crippen MR) is 106 cm³/mol. The maximum atomic E-state index is 13.7. The molecular formula is C20H23ClFNO4S. The van der Waals surface area contributed by atoms with E-state index in [0.717, 1.165) is 6.42 Å². The normalized spacial score (nSPS) is 12.5. The lowest BCUT2D eigenvalue weighted by atomic mass is 10.0. The van der Waals surface area contributed by atoms with Crippen LogP contribution in [0, 0.1) is 5.82 Å². The van der Waals surface area contributed by atoms with Gasteiger partial charge in [-0.1, -0.05) is 36.6 Å². The van der Waals surface area contributed by atoms with E-state index in [4.69, 9.17) is 11.6 Å². The van der Waals surface area contributed by atoms with Gasteiger partial charge in [0.15, 0.2) is 0 Å². The number of sulfonamides is 1. The van der Waals surface area contributed by atoms with Gasteiger partial charge in [-0.3, -0.25) is 4.79 Å². The number of hydrogen-bond donors (Lipinski definition) is 1. The second kappa shape index (κ2) is 10.5. The van der Waals surface area contributed by atoms with Crippen molar-refractivity contribution in [1.82, 2.24) is 4.72 Å². The maximum Gasteiger partial charge on any atom is 0.305 e. The van der Waals surface area contributed by atoms with Crippen LogP contribution in [0.2, 0.25) is 5.02 Å². The number of ether oxygens (including phenoxy) is 1. The van der Waals surface area contributed by atoms with Crippen LogP contribution in [0.25, 0.3) is 0 Å². The summed E-state index contributed by atoms with van der Waals surface area (Å²) in [5.41, 5.74) is 0.547. The first-order chi connectivity index (χ1) is 13.3. The fourth-order valence-corrected chi connectivity index (χ4v) is 4.17. The van der Waals surface area contributed by atoms with Crippen molar-refractivity contribution in [3.05, 3.63) is 64.9 Å². The minimum absolute atomic E-state index is 0.0870. The van der Waals surface area contributed by atoms with Crippen molar-refractivity contribution in [2.75, 3.05) is 7.11 Å². The van der Waals surface area contributed by atoms with E-state index in [-0.39, 0.29) is 10.9 Å². The Hall–Kier alpha value is -1.96. The number of esters is 1. The first-order valence-electron chi connectivity index (χ1n) is 8.92. The van der Waals surface area contributed by atoms with Crippen molar-refractivity contribution in [3.8, 4) is 0 Å². The largest absolute Gasteiger partial charge is 0.469 e. The maximum absolute atomic E-state index is 13.7. The van der Waals surface area contributed by atoms with E-state index in [1.807, 2.05) is 0 Å². The van der Waals surface area contributed by atoms with E-state index >= 15 is 0 Å². The second-order valence-corrected chi connectivity index (χ2v) is 8.51. The molecule has 28 heavy (non-hydrogen) atoms. The molecule has 1 unspecified atom stereocenters. The molecule has 0 saturated carbocycles. The predicted octanol–water partition coefficient (Wildman–Crippen LogP) is 4.62. The molecule has 2 rings (SSSR count). The summed E-state index contributed by atoms with van der Waals surface area (Å²) in [6.07, 6.45) is 2.83. The molecule has 0 spiro atoms. The van der Waals surface area contributed by atoms with Gasteiger partial charge in [0.25, 0.3) is 0 Å². The molecule has 2 aromatic rings. The number of methoxy groups -OCH3 is 1. The van der Waals surface area contributed by atoms with Crippen LogP contribution in [-0.2, 0) is 19.6 Å². The molecule has 1 atom stereocenters. The highest BCUT2D eigenvalue weighted by molar-refractivity contribution is 7.89. The number of nitrogens with one attached hydrogen (secondary N) is 1. The van der Waals surface area contributed by atoms with Gasteiger partial charge < -0.3 is 4.74 Å². The highest BCUT2D eigenvalue weighted by Crippen LogP contribution is 2.24. The fraction of sp³-hybridized carbons (Fsp3) is 0.350. The van der Waals surface area contributed by atoms with Crippen LogP contribution in [0.5, 0.6) is 0 Å². The Labute approximate surface area is 169 Å². The summed E-state index contributed by atoms with van der Waals surface area (Å²) >= 11 is 5.82. The number of carbonyl (C=O) groups is 1. The lowest BCUT2D eigenvalue weighted by molar-refractivity contribution is -0.140. The molecular weight excluding hydrogens is 405 g/mol. The Bertz CT molecular complexity index is 887. The molecule has 0 bridgehead atoms. The van der Waals surface area contributed by atoms with Crippen LogP contribution in [-0.4, -0.2) is 21.5 Å². The van der Waals surface area contributed by atoms with Crippen LogP contribution >= 0.6 is 11.6 Å². The summed E-state index contributed by atoms with van der Waals surface area (Å²) in [7, 11) is -2.46. The molecule has 0 fully saturated rings. The third kappa shape index (κ3) is 6.89. The van der Waals surface area contributed by atoms with Gasteiger partial charge in [0, 0.05) is 17.5 Å². The SMILES string of the molecule is COC(=O)CCCCCC(NS(=O)(=O)c1ccc(Cl)cc1)c1cccc(F)c1. The molecule has 1 N–H and O–H groups in total. The Kier molecular flexibility index (Phi) is 8.41. The van der Waals surface area contributed by atoms with Crippen molar-refractivity contribution >= 4 is 27.6 Å². The van der Waals surface area contributed by atoms with E-state index in [9.17, 15) is 17.6 Å². The molecule has 0 aliphatic heterocycles. The van der Waals surface area contributed by atoms with Gasteiger partial charge in [-0.15, -0.1) is 0 Å². The van der Waals surface area contributed by atoms with Crippen molar-refractivity contribution < 1.29 is 22.3 Å². The molecule has 5 nitrogen and oxygen atoms in total. The molecule has 0 saturated heterocycles. The summed E-state index contributed by atoms with van der Waals surface area (Å²) in [5.74, 6) is -0.705. The van der Waals surface area contributed by atoms with Gasteiger partial charge in [0.05, 0.1) is 12.0 Å². The zero-order valence-electron chi connectivity index (χ0n) is 15.5. The molecule has 0 aliphatic rings. The van der Waals surface area contributed by atoms with Gasteiger partial charge in [0.1, 0.15) is 5.82 Å². The lowest BCUT2D eigenvalue weighted by Gasteiger charge is -2.19. The summed E-state index contributed by atoms with van der Waals surface area (Å²) in [4.78, 5) is 11.3. The van der Waals surface area contributed by atoms with E-state index in [1.54, 1.807) is 12.1 Å². The fourth-order valence-electron chi connectivity index (χ4n) is 2.78. The van der Waals surface area contributed by atoms with Gasteiger partial charge in [-0.2, -0.15) is 0 Å². The standard InChI is InChI=1S/C20H23ClFNO4S/c1-27-20(24)9-4-2-3-8-19(15-6-5-7-17(22)14-15)23-28(25,26)18-12-10-16(21)11-13-18/h5-7,10-14,19,23H,2-4,8-9H2,1H3. The first kappa shape index (κ1) is 22.3. The van der Waals surface area contributed by atoms with Crippen molar-refractivity contribution in [3.63, 3.8) is 0 Å². The molecule has 0 radical (unpaired) electrons. The lowest BCUT2D eigenvalue weighted by Crippen LogP contribution is -2.28. The van der Waals surface area contributed by atoms with Gasteiger partial charge in [0.2, 0.25) is 10.0 Å². The topological polar surface area (TPSA) is 72.5 Å². The summed E-state index contributed by atoms with van der Waals surface area (Å²) in [6.45, 7) is 0. The van der Waals surface area contributed by atoms with Crippen LogP contribution in [0.4, 0.5) is 4.39 Å². The van der Waals surface area contributed by atoms with Crippen molar-refractivity contribution in [2.45, 2.75) is 43.0 Å². The number of unbranched alkanes of at least 4 members (excludes halogenated alkanes) is 2. The number of halogens is 2. The summed E-state index contributed by atoms with van der Waals surface area (Å²) in [5, 5.41) is 0.436. The summed E-state index contributed by atoms with van der Waals surface area (Å²) in [6, 6.07) is 11.1. The Morgan fingerprint density at radius 2 is 1.86 bits per heavy atom. The highest BCUT2D eigenvalue weighted by Gasteiger charge is 2.21. The smallest absolute Gasteiger partial charge is 0.305 e. The molecule has 0 amide bonds. The van der Waals surface area contributed by atoms with E-state index in [1.165, 1.54) is 43.5 Å². The zero-order valence-corrected chi connectivity index (χ0v) is 17.1. The van der Waals surface area contributed by atoms with E-state index in [0.29, 0.717) is 36.3 Å². The Morgan fingerprint density at radius 3 is 2.50 bits per heavy atom. The van der Waals surface area contributed by atoms with Crippen LogP contribution < -0.4 is 4.72 Å². The molecule has 152 valence electrons. The molecule has 0 heterocycles. The minimum atomic E-state index is -3.80. The molecule has 2 aromatic carbocycles. The number of carbonyl (C=O) groups excluding carboxylic acids is 1. The van der Waals surface area contributed by atoms with Crippen molar-refractivity contribution in [2.24, 2.45) is 0 Å². The van der Waals surface area contributed by atoms with Gasteiger partial charge >= 0.3 is 5.97 Å². The zero-order chi connectivity index (χ0) is 20.6. The third-order valence-corrected chi connectivity index (χ3v) is 6.01. The first-order valence-corrected chi connectivity index (χ1v) is 10.8. The average Bonchev–Trinajstić information content (AvgIpc) is 2.66. The number of hydrogen-bond acceptors (Lipinski definition) is 4. The molecule has 0 aromatic heterocycles. The highest BCUT2D eigenvalue weighted by atomic mass is 35.5. The van der Waals surface area contributed by atoms with E-state index in [2.05, 4.69) is 9.46 Å². The Morgan fingerprint density at radius 1 is 1.14 bits per heavy atom. The van der Waals surface area contributed by atoms with Gasteiger partial charge in [-0.25, -0.2) is 17.5 Å². The number of benzene rings is 2. The summed E-state index contributed by atoms with van der Waals surface area (Å²) < 4.78 is 46.4. The third-order valence-electron chi connectivity index (χ3n) is 4.27. The monoisotopic (exact) mass is 427 g/mol. The van der Waals surface area contributed by atoms with Gasteiger partial charge in [-0.05, 0) is 54.8 Å². The quantitative estimate of drug-likeness (QED) is 0.443. The van der Waals surface area contributed by atoms with Crippen LogP contribution in [0.3, 0.4) is 0 Å². The second-order valence-electron chi connectivity index (χ2n) is 6.36. The van der Waals surface area contributed by atoms with Crippen LogP contribution in [0.15, 0.2) is 53.4 Å². The minimum Gasteiger partial charge on any atom is -0.469 e. The number of rotatable bonds is 10. The van der Waals surface area contributed by atoms with Crippen LogP contribution in [0.1, 0.15) is 43.7 Å². The average molecular weight is 428 g/mol. The van der Waals surface area contributed by atoms with Crippen molar-refractivity contribution in [1.29, 1.82) is 0 Å². The van der Waals surface area contributed by atoms with E-state index < -0.39 is 21.9 Å². The molecule has 8 heteroatoms.